The molecule has 2 heterocycles. The van der Waals surface area contributed by atoms with Gasteiger partial charge in [0.05, 0.1) is 6.04 Å². The lowest BCUT2D eigenvalue weighted by atomic mass is 9.94. The molecule has 0 aromatic heterocycles. The number of amides is 1. The topological polar surface area (TPSA) is 35.6 Å². The van der Waals surface area contributed by atoms with Gasteiger partial charge < -0.3 is 15.1 Å². The molecule has 3 unspecified atom stereocenters. The Kier molecular flexibility index (Phi) is 4.62. The molecular weight excluding hydrogens is 226 g/mol. The Morgan fingerprint density at radius 1 is 1.33 bits per heavy atom. The lowest BCUT2D eigenvalue weighted by Gasteiger charge is -2.44. The van der Waals surface area contributed by atoms with E-state index in [-0.39, 0.29) is 6.04 Å². The Balaban J connectivity index is 1.97. The first-order chi connectivity index (χ1) is 8.63. The van der Waals surface area contributed by atoms with Gasteiger partial charge in [0.15, 0.2) is 0 Å². The molecule has 0 radical (unpaired) electrons. The number of nitrogens with zero attached hydrogens (tertiary/aromatic N) is 2. The van der Waals surface area contributed by atoms with Gasteiger partial charge in [0.1, 0.15) is 0 Å². The fraction of sp³-hybridized carbons (Fsp3) is 0.929. The smallest absolute Gasteiger partial charge is 0.239 e. The van der Waals surface area contributed by atoms with Gasteiger partial charge in [-0.25, -0.2) is 0 Å². The van der Waals surface area contributed by atoms with Gasteiger partial charge in [0, 0.05) is 25.2 Å². The number of hydrogen-bond acceptors (Lipinski definition) is 3. The summed E-state index contributed by atoms with van der Waals surface area (Å²) >= 11 is 0. The van der Waals surface area contributed by atoms with Crippen LogP contribution in [0.1, 0.15) is 39.5 Å². The highest BCUT2D eigenvalue weighted by atomic mass is 16.2. The molecule has 2 fully saturated rings. The predicted molar refractivity (Wildman–Crippen MR) is 73.5 cm³/mol. The Morgan fingerprint density at radius 2 is 2.11 bits per heavy atom. The van der Waals surface area contributed by atoms with Crippen molar-refractivity contribution < 1.29 is 4.79 Å². The minimum atomic E-state index is 0.0683. The zero-order valence-electron chi connectivity index (χ0n) is 12.0. The van der Waals surface area contributed by atoms with Crippen LogP contribution in [0.3, 0.4) is 0 Å². The van der Waals surface area contributed by atoms with Gasteiger partial charge >= 0.3 is 0 Å². The lowest BCUT2D eigenvalue weighted by Crippen LogP contribution is -2.57. The van der Waals surface area contributed by atoms with Crippen LogP contribution in [0.5, 0.6) is 0 Å². The average Bonchev–Trinajstić information content (AvgIpc) is 2.36. The second kappa shape index (κ2) is 6.02. The van der Waals surface area contributed by atoms with Crippen molar-refractivity contribution in [1.82, 2.24) is 15.1 Å². The first-order valence-corrected chi connectivity index (χ1v) is 7.37. The number of rotatable bonds is 3. The van der Waals surface area contributed by atoms with Gasteiger partial charge in [-0.3, -0.25) is 4.79 Å². The largest absolute Gasteiger partial charge is 0.338 e. The first kappa shape index (κ1) is 13.8. The molecule has 18 heavy (non-hydrogen) atoms. The molecule has 4 heteroatoms. The molecule has 0 saturated carbocycles. The van der Waals surface area contributed by atoms with Crippen molar-refractivity contribution in [1.29, 1.82) is 0 Å². The van der Waals surface area contributed by atoms with Gasteiger partial charge in [-0.15, -0.1) is 0 Å². The van der Waals surface area contributed by atoms with E-state index in [1.165, 1.54) is 0 Å². The van der Waals surface area contributed by atoms with Crippen LogP contribution in [0, 0.1) is 0 Å². The van der Waals surface area contributed by atoms with Crippen LogP contribution in [-0.4, -0.2) is 60.5 Å². The van der Waals surface area contributed by atoms with Crippen LogP contribution in [-0.2, 0) is 4.79 Å². The van der Waals surface area contributed by atoms with Crippen molar-refractivity contribution >= 4 is 5.91 Å². The van der Waals surface area contributed by atoms with E-state index in [1.807, 2.05) is 0 Å². The average molecular weight is 253 g/mol. The van der Waals surface area contributed by atoms with Crippen LogP contribution in [0.2, 0.25) is 0 Å². The zero-order valence-corrected chi connectivity index (χ0v) is 12.0. The van der Waals surface area contributed by atoms with Gasteiger partial charge in [-0.2, -0.15) is 0 Å². The van der Waals surface area contributed by atoms with Crippen molar-refractivity contribution in [3.63, 3.8) is 0 Å². The second-order valence-corrected chi connectivity index (χ2v) is 5.79. The van der Waals surface area contributed by atoms with Gasteiger partial charge in [-0.05, 0) is 46.2 Å². The predicted octanol–water partition coefficient (Wildman–Crippen LogP) is 1.07. The maximum Gasteiger partial charge on any atom is 0.239 e. The normalized spacial score (nSPS) is 34.9. The molecule has 2 rings (SSSR count). The molecule has 2 saturated heterocycles. The molecule has 104 valence electrons. The molecule has 2 aliphatic heterocycles. The van der Waals surface area contributed by atoms with E-state index in [1.54, 1.807) is 0 Å². The Morgan fingerprint density at radius 3 is 2.78 bits per heavy atom. The summed E-state index contributed by atoms with van der Waals surface area (Å²) in [6, 6.07) is 1.12. The standard InChI is InChI=1S/C14H27N3O/c1-4-15-13-6-5-8-17(14(13)18)12-7-9-16(3)11(2)10-12/h11-13,15H,4-10H2,1-3H3. The van der Waals surface area contributed by atoms with Crippen molar-refractivity contribution in [3.8, 4) is 0 Å². The van der Waals surface area contributed by atoms with Crippen LogP contribution in [0.25, 0.3) is 0 Å². The third-order valence-electron chi connectivity index (χ3n) is 4.54. The van der Waals surface area contributed by atoms with E-state index < -0.39 is 0 Å². The summed E-state index contributed by atoms with van der Waals surface area (Å²) in [5.74, 6) is 0.338. The highest BCUT2D eigenvalue weighted by Gasteiger charge is 2.35. The van der Waals surface area contributed by atoms with E-state index in [0.717, 1.165) is 45.3 Å². The van der Waals surface area contributed by atoms with Crippen molar-refractivity contribution in [2.75, 3.05) is 26.7 Å². The van der Waals surface area contributed by atoms with Crippen LogP contribution in [0.4, 0.5) is 0 Å². The minimum Gasteiger partial charge on any atom is -0.338 e. The van der Waals surface area contributed by atoms with Crippen LogP contribution in [0.15, 0.2) is 0 Å². The SMILES string of the molecule is CCNC1CCCN(C2CCN(C)C(C)C2)C1=O. The van der Waals surface area contributed by atoms with Crippen LogP contribution < -0.4 is 5.32 Å². The van der Waals surface area contributed by atoms with Gasteiger partial charge in [-0.1, -0.05) is 6.92 Å². The molecule has 0 aromatic rings. The van der Waals surface area contributed by atoms with Gasteiger partial charge in [0.25, 0.3) is 0 Å². The van der Waals surface area contributed by atoms with E-state index in [2.05, 4.69) is 36.0 Å². The fourth-order valence-electron chi connectivity index (χ4n) is 3.25. The number of likely N-dealkylation sites (N-methyl/N-ethyl adjacent to an activating group) is 1. The minimum absolute atomic E-state index is 0.0683. The molecular formula is C14H27N3O. The van der Waals surface area contributed by atoms with E-state index in [0.29, 0.717) is 18.0 Å². The summed E-state index contributed by atoms with van der Waals surface area (Å²) in [7, 11) is 2.18. The Bertz CT molecular complexity index is 293. The molecule has 2 aliphatic rings. The molecule has 0 aliphatic carbocycles. The zero-order chi connectivity index (χ0) is 13.1. The van der Waals surface area contributed by atoms with E-state index in [4.69, 9.17) is 0 Å². The van der Waals surface area contributed by atoms with Gasteiger partial charge in [0.2, 0.25) is 5.91 Å². The highest BCUT2D eigenvalue weighted by molar-refractivity contribution is 5.83. The third-order valence-corrected chi connectivity index (χ3v) is 4.54. The monoisotopic (exact) mass is 253 g/mol. The van der Waals surface area contributed by atoms with Crippen molar-refractivity contribution in [2.45, 2.75) is 57.7 Å². The highest BCUT2D eigenvalue weighted by Crippen LogP contribution is 2.24. The lowest BCUT2D eigenvalue weighted by molar-refractivity contribution is -0.139. The quantitative estimate of drug-likeness (QED) is 0.817. The molecule has 0 spiro atoms. The van der Waals surface area contributed by atoms with Crippen molar-refractivity contribution in [2.24, 2.45) is 0 Å². The fourth-order valence-corrected chi connectivity index (χ4v) is 3.25. The summed E-state index contributed by atoms with van der Waals surface area (Å²) in [4.78, 5) is 17.0. The summed E-state index contributed by atoms with van der Waals surface area (Å²) < 4.78 is 0. The number of nitrogens with one attached hydrogen (secondary N) is 1. The number of piperidine rings is 2. The summed E-state index contributed by atoms with van der Waals surface area (Å²) in [5.41, 5.74) is 0. The third kappa shape index (κ3) is 2.86. The van der Waals surface area contributed by atoms with E-state index in [9.17, 15) is 4.79 Å². The maximum atomic E-state index is 12.5. The Labute approximate surface area is 111 Å². The number of likely N-dealkylation sites (tertiary alicyclic amines) is 2. The molecule has 1 amide bonds. The Hall–Kier alpha value is -0.610. The van der Waals surface area contributed by atoms with Crippen molar-refractivity contribution in [3.05, 3.63) is 0 Å². The first-order valence-electron chi connectivity index (χ1n) is 7.37. The summed E-state index contributed by atoms with van der Waals surface area (Å²) in [6.07, 6.45) is 4.40. The van der Waals surface area contributed by atoms with Crippen LogP contribution >= 0.6 is 0 Å². The maximum absolute atomic E-state index is 12.5. The number of carbonyl (C=O) groups is 1. The molecule has 0 bridgehead atoms. The molecule has 4 nitrogen and oxygen atoms in total. The second-order valence-electron chi connectivity index (χ2n) is 5.79. The number of carbonyl (C=O) groups excluding carboxylic acids is 1. The van der Waals surface area contributed by atoms with E-state index >= 15 is 0 Å². The number of hydrogen-bond donors (Lipinski definition) is 1. The summed E-state index contributed by atoms with van der Waals surface area (Å²) in [5, 5.41) is 3.32. The summed E-state index contributed by atoms with van der Waals surface area (Å²) in [6.45, 7) is 7.30. The molecule has 1 N–H and O–H groups in total. The molecule has 0 aromatic carbocycles. The molecule has 3 atom stereocenters.